The summed E-state index contributed by atoms with van der Waals surface area (Å²) in [5.74, 6) is -0.454. The zero-order valence-electron chi connectivity index (χ0n) is 10.4. The number of aromatic nitrogens is 5. The van der Waals surface area contributed by atoms with Gasteiger partial charge in [-0.25, -0.2) is 14.1 Å². The Hall–Kier alpha value is -2.00. The van der Waals surface area contributed by atoms with Crippen LogP contribution in [0.4, 0.5) is 4.39 Å². The van der Waals surface area contributed by atoms with E-state index in [0.717, 1.165) is 6.20 Å². The summed E-state index contributed by atoms with van der Waals surface area (Å²) in [6.45, 7) is 0.136. The highest BCUT2D eigenvalue weighted by Crippen LogP contribution is 2.20. The van der Waals surface area contributed by atoms with Crippen molar-refractivity contribution >= 4 is 27.5 Å². The quantitative estimate of drug-likeness (QED) is 0.708. The predicted octanol–water partition coefficient (Wildman–Crippen LogP) is 2.11. The van der Waals surface area contributed by atoms with Crippen LogP contribution >= 0.6 is 27.5 Å². The van der Waals surface area contributed by atoms with Gasteiger partial charge in [0, 0.05) is 12.3 Å². The average Bonchev–Trinajstić information content (AvgIpc) is 2.88. The Kier molecular flexibility index (Phi) is 3.84. The molecule has 0 unspecified atom stereocenters. The highest BCUT2D eigenvalue weighted by atomic mass is 79.9. The molecule has 0 amide bonds. The Morgan fingerprint density at radius 3 is 2.90 bits per heavy atom. The Bertz CT molecular complexity index is 849. The third-order valence-electron chi connectivity index (χ3n) is 2.58. The van der Waals surface area contributed by atoms with Crippen molar-refractivity contribution in [2.75, 3.05) is 0 Å². The summed E-state index contributed by atoms with van der Waals surface area (Å²) in [7, 11) is 0. The number of halogens is 2. The normalized spacial score (nSPS) is 10.8. The van der Waals surface area contributed by atoms with E-state index in [1.54, 1.807) is 6.07 Å². The van der Waals surface area contributed by atoms with Crippen molar-refractivity contribution in [2.24, 2.45) is 0 Å². The van der Waals surface area contributed by atoms with E-state index in [2.05, 4.69) is 35.4 Å². The second-order valence-electron chi connectivity index (χ2n) is 4.09. The molecule has 3 aromatic heterocycles. The number of hydrogen-bond acceptors (Lipinski definition) is 6. The van der Waals surface area contributed by atoms with Crippen LogP contribution in [0.15, 0.2) is 40.1 Å². The van der Waals surface area contributed by atoms with E-state index in [1.165, 1.54) is 34.5 Å². The fraction of sp³-hybridized carbons (Fsp3) is 0.0833. The van der Waals surface area contributed by atoms with E-state index in [1.807, 2.05) is 0 Å². The zero-order valence-corrected chi connectivity index (χ0v) is 12.8. The van der Waals surface area contributed by atoms with Crippen molar-refractivity contribution in [2.45, 2.75) is 6.54 Å². The first kappa shape index (κ1) is 14.0. The third kappa shape index (κ3) is 3.19. The van der Waals surface area contributed by atoms with Crippen LogP contribution in [0.5, 0.6) is 0 Å². The second-order valence-corrected chi connectivity index (χ2v) is 5.56. The molecule has 0 spiro atoms. The molecule has 0 radical (unpaired) electrons. The van der Waals surface area contributed by atoms with Crippen LogP contribution in [0.1, 0.15) is 5.56 Å². The molecule has 0 fully saturated rings. The summed E-state index contributed by atoms with van der Waals surface area (Å²) in [4.78, 5) is 19.7. The molecule has 0 bridgehead atoms. The Morgan fingerprint density at radius 1 is 1.33 bits per heavy atom. The number of rotatable bonds is 3. The number of nitrogens with zero attached hydrogens (tertiary/aromatic N) is 5. The smallest absolute Gasteiger partial charge is 0.267 e. The lowest BCUT2D eigenvalue weighted by Crippen LogP contribution is -2.22. The first-order chi connectivity index (χ1) is 10.1. The summed E-state index contributed by atoms with van der Waals surface area (Å²) >= 11 is 4.33. The van der Waals surface area contributed by atoms with Crippen molar-refractivity contribution in [1.29, 1.82) is 0 Å². The minimum atomic E-state index is -0.454. The molecule has 3 heterocycles. The first-order valence-electron chi connectivity index (χ1n) is 5.79. The standard InChI is InChI=1S/C12H7BrFN5OS/c13-12-16-11(21-18-12)9-1-2-10(20)19(17-9)6-7-3-8(14)5-15-4-7/h1-5H,6H2. The van der Waals surface area contributed by atoms with Crippen molar-refractivity contribution in [3.05, 3.63) is 57.1 Å². The van der Waals surface area contributed by atoms with Crippen molar-refractivity contribution in [1.82, 2.24) is 24.1 Å². The maximum Gasteiger partial charge on any atom is 0.267 e. The van der Waals surface area contributed by atoms with Gasteiger partial charge in [-0.1, -0.05) is 0 Å². The maximum absolute atomic E-state index is 13.1. The van der Waals surface area contributed by atoms with E-state index in [9.17, 15) is 9.18 Å². The van der Waals surface area contributed by atoms with Crippen LogP contribution in [-0.4, -0.2) is 24.1 Å². The van der Waals surface area contributed by atoms with E-state index in [0.29, 0.717) is 21.0 Å². The monoisotopic (exact) mass is 367 g/mol. The summed E-state index contributed by atoms with van der Waals surface area (Å²) in [6, 6.07) is 4.29. The molecule has 0 saturated heterocycles. The minimum Gasteiger partial charge on any atom is -0.268 e. The molecule has 0 atom stereocenters. The van der Waals surface area contributed by atoms with Gasteiger partial charge in [-0.3, -0.25) is 9.78 Å². The molecule has 0 N–H and O–H groups in total. The van der Waals surface area contributed by atoms with Crippen LogP contribution in [0.25, 0.3) is 10.7 Å². The van der Waals surface area contributed by atoms with Gasteiger partial charge in [0.2, 0.25) is 4.73 Å². The van der Waals surface area contributed by atoms with Gasteiger partial charge < -0.3 is 0 Å². The highest BCUT2D eigenvalue weighted by Gasteiger charge is 2.09. The molecule has 106 valence electrons. The van der Waals surface area contributed by atoms with Gasteiger partial charge >= 0.3 is 0 Å². The fourth-order valence-electron chi connectivity index (χ4n) is 1.70. The van der Waals surface area contributed by atoms with Gasteiger partial charge in [-0.15, -0.1) is 0 Å². The topological polar surface area (TPSA) is 73.6 Å². The third-order valence-corrected chi connectivity index (χ3v) is 3.91. The van der Waals surface area contributed by atoms with Crippen LogP contribution in [0, 0.1) is 5.82 Å². The summed E-state index contributed by atoms with van der Waals surface area (Å²) in [6.07, 6.45) is 2.60. The molecule has 0 aliphatic carbocycles. The average molecular weight is 368 g/mol. The van der Waals surface area contributed by atoms with E-state index >= 15 is 0 Å². The highest BCUT2D eigenvalue weighted by molar-refractivity contribution is 9.10. The molecule has 0 saturated carbocycles. The molecule has 9 heteroatoms. The molecule has 21 heavy (non-hydrogen) atoms. The van der Waals surface area contributed by atoms with Crippen molar-refractivity contribution in [3.63, 3.8) is 0 Å². The molecular weight excluding hydrogens is 361 g/mol. The lowest BCUT2D eigenvalue weighted by Gasteiger charge is -2.05. The number of pyridine rings is 1. The predicted molar refractivity (Wildman–Crippen MR) is 78.4 cm³/mol. The first-order valence-corrected chi connectivity index (χ1v) is 7.35. The van der Waals surface area contributed by atoms with Gasteiger partial charge in [-0.2, -0.15) is 9.47 Å². The SMILES string of the molecule is O=c1ccc(-c2nc(Br)ns2)nn1Cc1cncc(F)c1. The van der Waals surface area contributed by atoms with E-state index in [4.69, 9.17) is 0 Å². The van der Waals surface area contributed by atoms with E-state index in [-0.39, 0.29) is 12.1 Å². The minimum absolute atomic E-state index is 0.136. The van der Waals surface area contributed by atoms with Gasteiger partial charge in [0.1, 0.15) is 11.5 Å². The largest absolute Gasteiger partial charge is 0.268 e. The van der Waals surface area contributed by atoms with Gasteiger partial charge in [-0.05, 0) is 45.2 Å². The second kappa shape index (κ2) is 5.78. The molecule has 0 aromatic carbocycles. The lowest BCUT2D eigenvalue weighted by molar-refractivity contribution is 0.604. The van der Waals surface area contributed by atoms with E-state index < -0.39 is 5.82 Å². The lowest BCUT2D eigenvalue weighted by atomic mass is 10.3. The van der Waals surface area contributed by atoms with Crippen LogP contribution in [-0.2, 0) is 6.54 Å². The number of hydrogen-bond donors (Lipinski definition) is 0. The van der Waals surface area contributed by atoms with Crippen LogP contribution < -0.4 is 5.56 Å². The van der Waals surface area contributed by atoms with Gasteiger partial charge in [0.05, 0.1) is 12.7 Å². The van der Waals surface area contributed by atoms with Crippen molar-refractivity contribution < 1.29 is 4.39 Å². The molecule has 0 aliphatic rings. The summed E-state index contributed by atoms with van der Waals surface area (Å²) in [5.41, 5.74) is 0.800. The summed E-state index contributed by atoms with van der Waals surface area (Å²) in [5, 5.41) is 4.81. The van der Waals surface area contributed by atoms with Crippen molar-refractivity contribution in [3.8, 4) is 10.7 Å². The maximum atomic E-state index is 13.1. The Morgan fingerprint density at radius 2 is 2.19 bits per heavy atom. The Balaban J connectivity index is 1.97. The van der Waals surface area contributed by atoms with Crippen LogP contribution in [0.2, 0.25) is 0 Å². The molecular formula is C12H7BrFN5OS. The zero-order chi connectivity index (χ0) is 14.8. The molecule has 3 rings (SSSR count). The van der Waals surface area contributed by atoms with Gasteiger partial charge in [0.15, 0.2) is 5.01 Å². The molecule has 0 aliphatic heterocycles. The molecule has 3 aromatic rings. The Labute approximate surface area is 130 Å². The van der Waals surface area contributed by atoms with Gasteiger partial charge in [0.25, 0.3) is 5.56 Å². The summed E-state index contributed by atoms with van der Waals surface area (Å²) < 4.78 is 18.8. The molecule has 6 nitrogen and oxygen atoms in total. The fourth-order valence-corrected chi connectivity index (χ4v) is 2.75. The van der Waals surface area contributed by atoms with Crippen LogP contribution in [0.3, 0.4) is 0 Å².